The van der Waals surface area contributed by atoms with Crippen LogP contribution in [0.3, 0.4) is 0 Å². The van der Waals surface area contributed by atoms with Gasteiger partial charge in [0.25, 0.3) is 5.91 Å². The molecule has 2 fully saturated rings. The van der Waals surface area contributed by atoms with Gasteiger partial charge in [0.2, 0.25) is 5.91 Å². The van der Waals surface area contributed by atoms with Gasteiger partial charge in [-0.15, -0.1) is 0 Å². The number of ether oxygens (including phenoxy) is 1. The first-order chi connectivity index (χ1) is 15.1. The minimum atomic E-state index is 0.103. The molecule has 5 nitrogen and oxygen atoms in total. The Morgan fingerprint density at radius 2 is 1.74 bits per heavy atom. The second-order valence-electron chi connectivity index (χ2n) is 8.84. The third-order valence-electron chi connectivity index (χ3n) is 6.74. The summed E-state index contributed by atoms with van der Waals surface area (Å²) in [4.78, 5) is 29.7. The van der Waals surface area contributed by atoms with Crippen LogP contribution in [0.1, 0.15) is 41.6 Å². The summed E-state index contributed by atoms with van der Waals surface area (Å²) in [5, 5.41) is 0. The van der Waals surface area contributed by atoms with E-state index < -0.39 is 0 Å². The smallest absolute Gasteiger partial charge is 0.253 e. The summed E-state index contributed by atoms with van der Waals surface area (Å²) < 4.78 is 5.40. The molecule has 0 spiro atoms. The lowest BCUT2D eigenvalue weighted by atomic mass is 9.84. The van der Waals surface area contributed by atoms with Crippen molar-refractivity contribution in [3.8, 4) is 5.75 Å². The van der Waals surface area contributed by atoms with Gasteiger partial charge in [-0.25, -0.2) is 0 Å². The molecule has 0 aromatic heterocycles. The van der Waals surface area contributed by atoms with Crippen LogP contribution in [0.4, 0.5) is 0 Å². The first kappa shape index (κ1) is 21.4. The van der Waals surface area contributed by atoms with Gasteiger partial charge < -0.3 is 14.5 Å². The topological polar surface area (TPSA) is 49.9 Å². The number of likely N-dealkylation sites (tertiary alicyclic amines) is 1. The summed E-state index contributed by atoms with van der Waals surface area (Å²) in [5.41, 5.74) is 1.93. The maximum Gasteiger partial charge on any atom is 0.253 e. The van der Waals surface area contributed by atoms with Crippen molar-refractivity contribution in [1.29, 1.82) is 0 Å². The van der Waals surface area contributed by atoms with Crippen LogP contribution < -0.4 is 4.74 Å². The third kappa shape index (κ3) is 5.09. The van der Waals surface area contributed by atoms with E-state index in [1.807, 2.05) is 59.3 Å². The number of hydrogen-bond donors (Lipinski definition) is 0. The van der Waals surface area contributed by atoms with Crippen LogP contribution >= 0.6 is 0 Å². The van der Waals surface area contributed by atoms with Crippen LogP contribution in [0.5, 0.6) is 5.75 Å². The molecule has 1 saturated carbocycles. The summed E-state index contributed by atoms with van der Waals surface area (Å²) in [6.07, 6.45) is 4.66. The fourth-order valence-electron chi connectivity index (χ4n) is 4.69. The van der Waals surface area contributed by atoms with E-state index >= 15 is 0 Å². The molecule has 1 heterocycles. The first-order valence-electron chi connectivity index (χ1n) is 11.3. The zero-order chi connectivity index (χ0) is 21.8. The quantitative estimate of drug-likeness (QED) is 0.680. The number of methoxy groups -OCH3 is 1. The summed E-state index contributed by atoms with van der Waals surface area (Å²) in [6.45, 7) is 1.47. The van der Waals surface area contributed by atoms with E-state index in [0.717, 1.165) is 56.5 Å². The number of hydrogen-bond acceptors (Lipinski definition) is 3. The Hall–Kier alpha value is -2.82. The molecule has 2 aromatic carbocycles. The summed E-state index contributed by atoms with van der Waals surface area (Å²) in [7, 11) is 3.64. The highest BCUT2D eigenvalue weighted by Gasteiger charge is 2.38. The van der Waals surface area contributed by atoms with Gasteiger partial charge in [0.15, 0.2) is 0 Å². The van der Waals surface area contributed by atoms with Crippen LogP contribution in [0.2, 0.25) is 0 Å². The molecule has 31 heavy (non-hydrogen) atoms. The van der Waals surface area contributed by atoms with Gasteiger partial charge >= 0.3 is 0 Å². The molecule has 1 saturated heterocycles. The number of nitrogens with zero attached hydrogens (tertiary/aromatic N) is 2. The Morgan fingerprint density at radius 1 is 1.03 bits per heavy atom. The van der Waals surface area contributed by atoms with E-state index in [4.69, 9.17) is 4.74 Å². The van der Waals surface area contributed by atoms with Crippen molar-refractivity contribution in [2.45, 2.75) is 38.1 Å². The van der Waals surface area contributed by atoms with E-state index in [2.05, 4.69) is 12.1 Å². The van der Waals surface area contributed by atoms with E-state index in [1.165, 1.54) is 5.56 Å². The molecule has 5 heteroatoms. The van der Waals surface area contributed by atoms with Crippen molar-refractivity contribution >= 4 is 11.8 Å². The van der Waals surface area contributed by atoms with Crippen molar-refractivity contribution in [1.82, 2.24) is 9.80 Å². The van der Waals surface area contributed by atoms with Gasteiger partial charge in [0.05, 0.1) is 7.11 Å². The standard InChI is InChI=1S/C26H32N2O3/c1-27(25(29)22-11-12-22)24(18-19-7-6-10-23(17-19)31-2)20-13-15-28(16-14-20)26(30)21-8-4-3-5-9-21/h3-10,17,20,22,24H,11-16,18H2,1-2H3/t24-/m0/s1. The van der Waals surface area contributed by atoms with Gasteiger partial charge in [-0.2, -0.15) is 0 Å². The molecule has 0 unspecified atom stereocenters. The Morgan fingerprint density at radius 3 is 2.39 bits per heavy atom. The van der Waals surface area contributed by atoms with Gasteiger partial charge in [0, 0.05) is 37.7 Å². The fourth-order valence-corrected chi connectivity index (χ4v) is 4.69. The lowest BCUT2D eigenvalue weighted by Crippen LogP contribution is -2.48. The third-order valence-corrected chi connectivity index (χ3v) is 6.74. The molecule has 164 valence electrons. The molecule has 1 aliphatic heterocycles. The van der Waals surface area contributed by atoms with Gasteiger partial charge in [-0.05, 0) is 67.9 Å². The highest BCUT2D eigenvalue weighted by molar-refractivity contribution is 5.94. The first-order valence-corrected chi connectivity index (χ1v) is 11.3. The lowest BCUT2D eigenvalue weighted by molar-refractivity contribution is -0.134. The Balaban J connectivity index is 1.46. The second-order valence-corrected chi connectivity index (χ2v) is 8.84. The second kappa shape index (κ2) is 9.54. The van der Waals surface area contributed by atoms with Crippen molar-refractivity contribution in [3.63, 3.8) is 0 Å². The molecule has 2 amide bonds. The number of benzene rings is 2. The number of amides is 2. The minimum Gasteiger partial charge on any atom is -0.497 e. The van der Waals surface area contributed by atoms with E-state index in [9.17, 15) is 9.59 Å². The summed E-state index contributed by atoms with van der Waals surface area (Å²) in [5.74, 6) is 1.80. The van der Waals surface area contributed by atoms with Crippen molar-refractivity contribution in [2.75, 3.05) is 27.2 Å². The highest BCUT2D eigenvalue weighted by Crippen LogP contribution is 2.34. The summed E-state index contributed by atoms with van der Waals surface area (Å²) >= 11 is 0. The fraction of sp³-hybridized carbons (Fsp3) is 0.462. The molecule has 1 atom stereocenters. The predicted molar refractivity (Wildman–Crippen MR) is 121 cm³/mol. The lowest BCUT2D eigenvalue weighted by Gasteiger charge is -2.40. The highest BCUT2D eigenvalue weighted by atomic mass is 16.5. The van der Waals surface area contributed by atoms with Crippen molar-refractivity contribution < 1.29 is 14.3 Å². The van der Waals surface area contributed by atoms with Crippen molar-refractivity contribution in [3.05, 3.63) is 65.7 Å². The number of piperidine rings is 1. The molecule has 1 aliphatic carbocycles. The van der Waals surface area contributed by atoms with E-state index in [1.54, 1.807) is 7.11 Å². The SMILES string of the molecule is COc1cccc(C[C@@H](C2CCN(C(=O)c3ccccc3)CC2)N(C)C(=O)C2CC2)c1. The Bertz CT molecular complexity index is 902. The Kier molecular flexibility index (Phi) is 6.59. The van der Waals surface area contributed by atoms with E-state index in [-0.39, 0.29) is 23.8 Å². The normalized spacial score (nSPS) is 17.8. The van der Waals surface area contributed by atoms with Gasteiger partial charge in [-0.1, -0.05) is 30.3 Å². The zero-order valence-electron chi connectivity index (χ0n) is 18.5. The molecule has 0 N–H and O–H groups in total. The van der Waals surface area contributed by atoms with Crippen LogP contribution in [0.25, 0.3) is 0 Å². The molecule has 2 aromatic rings. The maximum atomic E-state index is 12.9. The molecule has 0 radical (unpaired) electrons. The number of carbonyl (C=O) groups excluding carboxylic acids is 2. The van der Waals surface area contributed by atoms with Crippen molar-refractivity contribution in [2.24, 2.45) is 11.8 Å². The molecular formula is C26H32N2O3. The average Bonchev–Trinajstić information content (AvgIpc) is 3.67. The van der Waals surface area contributed by atoms with E-state index in [0.29, 0.717) is 5.92 Å². The molecule has 0 bridgehead atoms. The van der Waals surface area contributed by atoms with Crippen LogP contribution in [-0.4, -0.2) is 54.9 Å². The largest absolute Gasteiger partial charge is 0.497 e. The number of carbonyl (C=O) groups is 2. The van der Waals surface area contributed by atoms with Crippen LogP contribution in [0.15, 0.2) is 54.6 Å². The summed E-state index contributed by atoms with van der Waals surface area (Å²) in [6, 6.07) is 17.8. The molecule has 2 aliphatic rings. The number of likely N-dealkylation sites (N-methyl/N-ethyl adjacent to an activating group) is 1. The van der Waals surface area contributed by atoms with Crippen LogP contribution in [-0.2, 0) is 11.2 Å². The maximum absolute atomic E-state index is 12.9. The zero-order valence-corrected chi connectivity index (χ0v) is 18.5. The van der Waals surface area contributed by atoms with Gasteiger partial charge in [-0.3, -0.25) is 9.59 Å². The van der Waals surface area contributed by atoms with Crippen LogP contribution in [0, 0.1) is 11.8 Å². The van der Waals surface area contributed by atoms with Gasteiger partial charge in [0.1, 0.15) is 5.75 Å². The number of rotatable bonds is 7. The molecular weight excluding hydrogens is 388 g/mol. The average molecular weight is 421 g/mol. The Labute approximate surface area is 185 Å². The minimum absolute atomic E-state index is 0.103. The monoisotopic (exact) mass is 420 g/mol. The predicted octanol–water partition coefficient (Wildman–Crippen LogP) is 4.03. The molecule has 4 rings (SSSR count).